The summed E-state index contributed by atoms with van der Waals surface area (Å²) in [6, 6.07) is 1.45. The van der Waals surface area contributed by atoms with Crippen LogP contribution in [0.2, 0.25) is 0 Å². The van der Waals surface area contributed by atoms with Gasteiger partial charge >= 0.3 is 0 Å². The molecule has 1 aromatic heterocycles. The summed E-state index contributed by atoms with van der Waals surface area (Å²) in [5.74, 6) is 0.201. The molecule has 2 unspecified atom stereocenters. The number of hydrogen-bond donors (Lipinski definition) is 0. The van der Waals surface area contributed by atoms with Crippen LogP contribution in [0, 0.1) is 0 Å². The summed E-state index contributed by atoms with van der Waals surface area (Å²) in [5, 5.41) is 2.00. The number of fused-ring (bicyclic) bond motifs is 1. The summed E-state index contributed by atoms with van der Waals surface area (Å²) >= 11 is 5.02. The Hall–Kier alpha value is -0.880. The van der Waals surface area contributed by atoms with Crippen LogP contribution in [0.4, 0.5) is 0 Å². The largest absolute Gasteiger partial charge is 0.329 e. The third-order valence-corrected chi connectivity index (χ3v) is 5.56. The number of hydrogen-bond acceptors (Lipinski definition) is 3. The van der Waals surface area contributed by atoms with Crippen molar-refractivity contribution < 1.29 is 9.59 Å². The number of piperazine rings is 1. The predicted octanol–water partition coefficient (Wildman–Crippen LogP) is 2.23. The van der Waals surface area contributed by atoms with E-state index in [1.54, 1.807) is 21.1 Å². The molecule has 2 aliphatic heterocycles. The summed E-state index contributed by atoms with van der Waals surface area (Å²) < 4.78 is 1.03. The van der Waals surface area contributed by atoms with E-state index in [1.807, 2.05) is 18.4 Å². The Labute approximate surface area is 124 Å². The molecule has 0 N–H and O–H groups in total. The lowest BCUT2D eigenvalue weighted by Gasteiger charge is -2.40. The third-order valence-electron chi connectivity index (χ3n) is 3.88. The molecule has 2 atom stereocenters. The molecule has 0 spiro atoms. The predicted molar refractivity (Wildman–Crippen MR) is 76.8 cm³/mol. The first-order valence-corrected chi connectivity index (χ1v) is 8.09. The summed E-state index contributed by atoms with van der Waals surface area (Å²) in [7, 11) is 0. The summed E-state index contributed by atoms with van der Waals surface area (Å²) in [6.07, 6.45) is 1.75. The number of rotatable bonds is 2. The summed E-state index contributed by atoms with van der Waals surface area (Å²) in [5.41, 5.74) is 0. The van der Waals surface area contributed by atoms with Crippen LogP contribution in [0.5, 0.6) is 0 Å². The zero-order valence-electron chi connectivity index (χ0n) is 10.6. The number of amides is 2. The van der Waals surface area contributed by atoms with E-state index >= 15 is 0 Å². The molecule has 3 heterocycles. The number of halogens is 1. The molecule has 102 valence electrons. The minimum atomic E-state index is -0.345. The van der Waals surface area contributed by atoms with Crippen molar-refractivity contribution in [1.29, 1.82) is 0 Å². The molecule has 0 aliphatic carbocycles. The van der Waals surface area contributed by atoms with E-state index in [1.165, 1.54) is 0 Å². The number of nitrogens with zero attached hydrogens (tertiary/aromatic N) is 2. The Morgan fingerprint density at radius 1 is 1.42 bits per heavy atom. The van der Waals surface area contributed by atoms with Crippen LogP contribution in [0.1, 0.15) is 24.6 Å². The molecule has 2 amide bonds. The van der Waals surface area contributed by atoms with E-state index < -0.39 is 0 Å². The molecule has 19 heavy (non-hydrogen) atoms. The molecule has 3 rings (SSSR count). The smallest absolute Gasteiger partial charge is 0.246 e. The fourth-order valence-corrected chi connectivity index (χ4v) is 4.31. The van der Waals surface area contributed by atoms with Gasteiger partial charge in [-0.2, -0.15) is 0 Å². The van der Waals surface area contributed by atoms with Crippen LogP contribution in [0.25, 0.3) is 0 Å². The van der Waals surface area contributed by atoms with Crippen LogP contribution in [0.15, 0.2) is 15.9 Å². The quantitative estimate of drug-likeness (QED) is 0.826. The molecule has 0 aromatic carbocycles. The maximum atomic E-state index is 12.5. The molecule has 1 aromatic rings. The van der Waals surface area contributed by atoms with Gasteiger partial charge < -0.3 is 9.80 Å². The number of carbonyl (C=O) groups is 2. The fourth-order valence-electron chi connectivity index (χ4n) is 2.86. The maximum absolute atomic E-state index is 12.5. The van der Waals surface area contributed by atoms with E-state index in [0.717, 1.165) is 28.7 Å². The second kappa shape index (κ2) is 4.90. The van der Waals surface area contributed by atoms with Crippen LogP contribution < -0.4 is 0 Å². The Morgan fingerprint density at radius 3 is 2.89 bits per heavy atom. The number of carbonyl (C=O) groups excluding carboxylic acids is 2. The van der Waals surface area contributed by atoms with Gasteiger partial charge in [-0.05, 0) is 41.8 Å². The van der Waals surface area contributed by atoms with Crippen LogP contribution in [0.3, 0.4) is 0 Å². The molecule has 2 fully saturated rings. The van der Waals surface area contributed by atoms with Crippen molar-refractivity contribution in [3.8, 4) is 0 Å². The first-order chi connectivity index (χ1) is 9.08. The SMILES string of the molecule is CC1C(=O)N2CCCC2C(=O)N1Cc1cc(Br)cs1. The molecule has 0 bridgehead atoms. The van der Waals surface area contributed by atoms with Crippen LogP contribution in [-0.4, -0.2) is 40.2 Å². The Bertz CT molecular complexity index is 530. The first-order valence-electron chi connectivity index (χ1n) is 6.42. The minimum absolute atomic E-state index is 0.0951. The maximum Gasteiger partial charge on any atom is 0.246 e. The lowest BCUT2D eigenvalue weighted by atomic mass is 10.1. The van der Waals surface area contributed by atoms with E-state index in [4.69, 9.17) is 0 Å². The topological polar surface area (TPSA) is 40.6 Å². The molecular weight excluding hydrogens is 328 g/mol. The van der Waals surface area contributed by atoms with Crippen molar-refractivity contribution in [2.45, 2.75) is 38.4 Å². The van der Waals surface area contributed by atoms with Crippen molar-refractivity contribution in [3.63, 3.8) is 0 Å². The second-order valence-corrected chi connectivity index (χ2v) is 6.97. The van der Waals surface area contributed by atoms with Gasteiger partial charge in [-0.1, -0.05) is 0 Å². The van der Waals surface area contributed by atoms with Gasteiger partial charge in [-0.3, -0.25) is 9.59 Å². The van der Waals surface area contributed by atoms with Crippen LogP contribution in [-0.2, 0) is 16.1 Å². The van der Waals surface area contributed by atoms with Gasteiger partial charge in [0, 0.05) is 21.3 Å². The third kappa shape index (κ3) is 2.21. The Morgan fingerprint density at radius 2 is 2.21 bits per heavy atom. The first kappa shape index (κ1) is 13.1. The average molecular weight is 343 g/mol. The normalized spacial score (nSPS) is 27.1. The van der Waals surface area contributed by atoms with E-state index in [2.05, 4.69) is 15.9 Å². The molecule has 6 heteroatoms. The van der Waals surface area contributed by atoms with Gasteiger partial charge in [-0.15, -0.1) is 11.3 Å². The monoisotopic (exact) mass is 342 g/mol. The molecule has 2 saturated heterocycles. The zero-order chi connectivity index (χ0) is 13.6. The highest BCUT2D eigenvalue weighted by molar-refractivity contribution is 9.10. The Balaban J connectivity index is 1.83. The molecular formula is C13H15BrN2O2S. The average Bonchev–Trinajstić information content (AvgIpc) is 3.01. The van der Waals surface area contributed by atoms with Gasteiger partial charge in [0.2, 0.25) is 11.8 Å². The van der Waals surface area contributed by atoms with Crippen molar-refractivity contribution in [3.05, 3.63) is 20.8 Å². The van der Waals surface area contributed by atoms with Gasteiger partial charge in [0.1, 0.15) is 12.1 Å². The molecule has 0 saturated carbocycles. The Kier molecular flexibility index (Phi) is 3.39. The van der Waals surface area contributed by atoms with Gasteiger partial charge in [-0.25, -0.2) is 0 Å². The molecule has 2 aliphatic rings. The van der Waals surface area contributed by atoms with Crippen molar-refractivity contribution in [2.24, 2.45) is 0 Å². The highest BCUT2D eigenvalue weighted by Crippen LogP contribution is 2.29. The minimum Gasteiger partial charge on any atom is -0.329 e. The molecule has 4 nitrogen and oxygen atoms in total. The second-order valence-electron chi connectivity index (χ2n) is 5.06. The van der Waals surface area contributed by atoms with Gasteiger partial charge in [0.15, 0.2) is 0 Å². The highest BCUT2D eigenvalue weighted by Gasteiger charge is 2.45. The van der Waals surface area contributed by atoms with E-state index in [0.29, 0.717) is 6.54 Å². The van der Waals surface area contributed by atoms with Crippen LogP contribution >= 0.6 is 27.3 Å². The highest BCUT2D eigenvalue weighted by atomic mass is 79.9. The van der Waals surface area contributed by atoms with E-state index in [9.17, 15) is 9.59 Å². The molecule has 0 radical (unpaired) electrons. The van der Waals surface area contributed by atoms with Crippen molar-refractivity contribution in [1.82, 2.24) is 9.80 Å². The van der Waals surface area contributed by atoms with Gasteiger partial charge in [0.05, 0.1) is 6.54 Å². The standard InChI is InChI=1S/C13H15BrN2O2S/c1-8-12(17)15-4-2-3-11(15)13(18)16(8)6-10-5-9(14)7-19-10/h5,7-8,11H,2-4,6H2,1H3. The van der Waals surface area contributed by atoms with Gasteiger partial charge in [0.25, 0.3) is 0 Å². The number of thiophene rings is 1. The fraction of sp³-hybridized carbons (Fsp3) is 0.538. The van der Waals surface area contributed by atoms with Crippen molar-refractivity contribution in [2.75, 3.05) is 6.54 Å². The summed E-state index contributed by atoms with van der Waals surface area (Å²) in [6.45, 7) is 3.10. The zero-order valence-corrected chi connectivity index (χ0v) is 13.0. The summed E-state index contributed by atoms with van der Waals surface area (Å²) in [4.78, 5) is 29.4. The lowest BCUT2D eigenvalue weighted by molar-refractivity contribution is -0.159. The van der Waals surface area contributed by atoms with Crippen molar-refractivity contribution >= 4 is 39.1 Å². The lowest BCUT2D eigenvalue weighted by Crippen LogP contribution is -2.61. The van der Waals surface area contributed by atoms with E-state index in [-0.39, 0.29) is 23.9 Å².